The van der Waals surface area contributed by atoms with Crippen molar-refractivity contribution < 1.29 is 9.59 Å². The Bertz CT molecular complexity index is 444. The van der Waals surface area contributed by atoms with Crippen LogP contribution >= 0.6 is 0 Å². The summed E-state index contributed by atoms with van der Waals surface area (Å²) in [6.07, 6.45) is 0.275. The number of carbonyl (C=O) groups is 2. The average Bonchev–Trinajstić information content (AvgIpc) is 2.64. The van der Waals surface area contributed by atoms with Gasteiger partial charge < -0.3 is 5.32 Å². The lowest BCUT2D eigenvalue weighted by atomic mass is 10.0. The van der Waals surface area contributed by atoms with E-state index in [1.54, 1.807) is 0 Å². The number of amides is 2. The van der Waals surface area contributed by atoms with Gasteiger partial charge in [-0.2, -0.15) is 0 Å². The van der Waals surface area contributed by atoms with Crippen molar-refractivity contribution in [1.82, 2.24) is 10.2 Å². The van der Waals surface area contributed by atoms with Gasteiger partial charge in [-0.1, -0.05) is 37.3 Å². The second-order valence-electron chi connectivity index (χ2n) is 4.77. The lowest BCUT2D eigenvalue weighted by Gasteiger charge is -2.16. The van der Waals surface area contributed by atoms with Crippen LogP contribution in [0, 0.1) is 0 Å². The monoisotopic (exact) mass is 246 g/mol. The first kappa shape index (κ1) is 12.8. The third kappa shape index (κ3) is 2.59. The van der Waals surface area contributed by atoms with Crippen LogP contribution < -0.4 is 5.32 Å². The molecule has 0 saturated carbocycles. The van der Waals surface area contributed by atoms with Crippen LogP contribution in [-0.2, 0) is 9.59 Å². The molecule has 1 aromatic carbocycles. The molecule has 1 aliphatic rings. The van der Waals surface area contributed by atoms with Crippen LogP contribution in [0.3, 0.4) is 0 Å². The average molecular weight is 246 g/mol. The van der Waals surface area contributed by atoms with Gasteiger partial charge in [-0.15, -0.1) is 0 Å². The van der Waals surface area contributed by atoms with E-state index in [1.807, 2.05) is 18.2 Å². The standard InChI is InChI=1S/C14H18N2O2/c1-10(11-6-4-3-5-7-11)9-15-12-8-13(17)16(2)14(12)18/h3-7,10,12,15H,8-9H2,1-2H3. The van der Waals surface area contributed by atoms with Crippen molar-refractivity contribution in [3.63, 3.8) is 0 Å². The molecule has 0 spiro atoms. The Morgan fingerprint density at radius 3 is 2.56 bits per heavy atom. The van der Waals surface area contributed by atoms with Gasteiger partial charge in [0.1, 0.15) is 0 Å². The minimum absolute atomic E-state index is 0.107. The predicted octanol–water partition coefficient (Wildman–Crippen LogP) is 1.14. The smallest absolute Gasteiger partial charge is 0.246 e. The van der Waals surface area contributed by atoms with Gasteiger partial charge in [-0.3, -0.25) is 14.5 Å². The number of likely N-dealkylation sites (tertiary alicyclic amines) is 1. The molecule has 2 amide bonds. The molecule has 0 aromatic heterocycles. The topological polar surface area (TPSA) is 49.4 Å². The van der Waals surface area contributed by atoms with Gasteiger partial charge in [0.2, 0.25) is 11.8 Å². The quantitative estimate of drug-likeness (QED) is 0.810. The summed E-state index contributed by atoms with van der Waals surface area (Å²) in [5.74, 6) is 0.0881. The van der Waals surface area contributed by atoms with Crippen molar-refractivity contribution in [2.45, 2.75) is 25.3 Å². The Balaban J connectivity index is 1.89. The number of nitrogens with zero attached hydrogens (tertiary/aromatic N) is 1. The van der Waals surface area contributed by atoms with E-state index in [-0.39, 0.29) is 24.3 Å². The van der Waals surface area contributed by atoms with Crippen LogP contribution in [0.2, 0.25) is 0 Å². The lowest BCUT2D eigenvalue weighted by Crippen LogP contribution is -2.38. The summed E-state index contributed by atoms with van der Waals surface area (Å²) < 4.78 is 0. The highest BCUT2D eigenvalue weighted by molar-refractivity contribution is 6.05. The Labute approximate surface area is 107 Å². The lowest BCUT2D eigenvalue weighted by molar-refractivity contribution is -0.137. The van der Waals surface area contributed by atoms with E-state index >= 15 is 0 Å². The van der Waals surface area contributed by atoms with Crippen LogP contribution in [0.5, 0.6) is 0 Å². The number of imide groups is 1. The van der Waals surface area contributed by atoms with E-state index in [0.717, 1.165) is 0 Å². The van der Waals surface area contributed by atoms with Gasteiger partial charge >= 0.3 is 0 Å². The molecule has 1 fully saturated rings. The first-order valence-corrected chi connectivity index (χ1v) is 6.18. The molecule has 2 unspecified atom stereocenters. The van der Waals surface area contributed by atoms with E-state index in [4.69, 9.17) is 0 Å². The zero-order chi connectivity index (χ0) is 13.1. The maximum Gasteiger partial charge on any atom is 0.246 e. The van der Waals surface area contributed by atoms with E-state index in [0.29, 0.717) is 12.5 Å². The van der Waals surface area contributed by atoms with Crippen molar-refractivity contribution in [3.8, 4) is 0 Å². The predicted molar refractivity (Wildman–Crippen MR) is 69.0 cm³/mol. The molecule has 1 N–H and O–H groups in total. The van der Waals surface area contributed by atoms with Gasteiger partial charge in [0.15, 0.2) is 0 Å². The molecule has 4 nitrogen and oxygen atoms in total. The van der Waals surface area contributed by atoms with Crippen molar-refractivity contribution in [2.75, 3.05) is 13.6 Å². The highest BCUT2D eigenvalue weighted by Gasteiger charge is 2.35. The summed E-state index contributed by atoms with van der Waals surface area (Å²) in [6, 6.07) is 9.78. The number of benzene rings is 1. The largest absolute Gasteiger partial charge is 0.305 e. The summed E-state index contributed by atoms with van der Waals surface area (Å²) in [5.41, 5.74) is 1.23. The van der Waals surface area contributed by atoms with Gasteiger partial charge in [-0.05, 0) is 11.5 Å². The first-order chi connectivity index (χ1) is 8.59. The van der Waals surface area contributed by atoms with Crippen molar-refractivity contribution in [2.24, 2.45) is 0 Å². The van der Waals surface area contributed by atoms with Crippen LogP contribution in [0.15, 0.2) is 30.3 Å². The number of hydrogen-bond donors (Lipinski definition) is 1. The third-order valence-electron chi connectivity index (χ3n) is 3.42. The summed E-state index contributed by atoms with van der Waals surface area (Å²) in [5, 5.41) is 3.18. The van der Waals surface area contributed by atoms with Crippen LogP contribution in [0.25, 0.3) is 0 Å². The fourth-order valence-electron chi connectivity index (χ4n) is 2.13. The normalized spacial score (nSPS) is 21.4. The van der Waals surface area contributed by atoms with E-state index in [1.165, 1.54) is 17.5 Å². The highest BCUT2D eigenvalue weighted by Crippen LogP contribution is 2.15. The number of hydrogen-bond acceptors (Lipinski definition) is 3. The zero-order valence-corrected chi connectivity index (χ0v) is 10.7. The Kier molecular flexibility index (Phi) is 3.77. The summed E-state index contributed by atoms with van der Waals surface area (Å²) >= 11 is 0. The number of carbonyl (C=O) groups excluding carboxylic acids is 2. The minimum atomic E-state index is -0.353. The molecule has 1 aromatic rings. The fourth-order valence-corrected chi connectivity index (χ4v) is 2.13. The minimum Gasteiger partial charge on any atom is -0.305 e. The maximum absolute atomic E-state index is 11.7. The molecule has 0 aliphatic carbocycles. The second kappa shape index (κ2) is 5.31. The van der Waals surface area contributed by atoms with E-state index in [9.17, 15) is 9.59 Å². The van der Waals surface area contributed by atoms with Crippen molar-refractivity contribution in [3.05, 3.63) is 35.9 Å². The van der Waals surface area contributed by atoms with E-state index in [2.05, 4.69) is 24.4 Å². The molecule has 1 aliphatic heterocycles. The van der Waals surface area contributed by atoms with Crippen LogP contribution in [-0.4, -0.2) is 36.3 Å². The summed E-state index contributed by atoms with van der Waals surface area (Å²) in [6.45, 7) is 2.80. The number of rotatable bonds is 4. The van der Waals surface area contributed by atoms with Crippen LogP contribution in [0.4, 0.5) is 0 Å². The summed E-state index contributed by atoms with van der Waals surface area (Å²) in [7, 11) is 1.53. The molecule has 2 rings (SSSR count). The molecular weight excluding hydrogens is 228 g/mol. The van der Waals surface area contributed by atoms with E-state index < -0.39 is 0 Å². The Morgan fingerprint density at radius 2 is 2.00 bits per heavy atom. The van der Waals surface area contributed by atoms with Crippen LogP contribution in [0.1, 0.15) is 24.8 Å². The third-order valence-corrected chi connectivity index (χ3v) is 3.42. The Morgan fingerprint density at radius 1 is 1.33 bits per heavy atom. The molecule has 2 atom stereocenters. The fraction of sp³-hybridized carbons (Fsp3) is 0.429. The van der Waals surface area contributed by atoms with Gasteiger partial charge in [-0.25, -0.2) is 0 Å². The van der Waals surface area contributed by atoms with Gasteiger partial charge in [0.25, 0.3) is 0 Å². The molecular formula is C14H18N2O2. The number of nitrogens with one attached hydrogen (secondary N) is 1. The molecule has 18 heavy (non-hydrogen) atoms. The summed E-state index contributed by atoms with van der Waals surface area (Å²) in [4.78, 5) is 24.3. The zero-order valence-electron chi connectivity index (χ0n) is 10.7. The van der Waals surface area contributed by atoms with Crippen molar-refractivity contribution >= 4 is 11.8 Å². The first-order valence-electron chi connectivity index (χ1n) is 6.18. The molecule has 0 radical (unpaired) electrons. The molecule has 4 heteroatoms. The Hall–Kier alpha value is -1.68. The molecule has 1 heterocycles. The maximum atomic E-state index is 11.7. The molecule has 1 saturated heterocycles. The van der Waals surface area contributed by atoms with Gasteiger partial charge in [0, 0.05) is 13.6 Å². The molecule has 0 bridgehead atoms. The molecule has 96 valence electrons. The van der Waals surface area contributed by atoms with Gasteiger partial charge in [0.05, 0.1) is 12.5 Å². The second-order valence-corrected chi connectivity index (χ2v) is 4.77. The highest BCUT2D eigenvalue weighted by atomic mass is 16.2. The SMILES string of the molecule is CC(CNC1CC(=O)N(C)C1=O)c1ccccc1. The number of likely N-dealkylation sites (N-methyl/N-ethyl adjacent to an activating group) is 1. The van der Waals surface area contributed by atoms with Crippen molar-refractivity contribution in [1.29, 1.82) is 0 Å².